The summed E-state index contributed by atoms with van der Waals surface area (Å²) in [7, 11) is 0. The van der Waals surface area contributed by atoms with E-state index in [0.717, 1.165) is 30.7 Å². The van der Waals surface area contributed by atoms with Crippen molar-refractivity contribution in [1.29, 1.82) is 0 Å². The van der Waals surface area contributed by atoms with Crippen LogP contribution < -0.4 is 0 Å². The van der Waals surface area contributed by atoms with E-state index in [-0.39, 0.29) is 6.10 Å². The first-order chi connectivity index (χ1) is 9.33. The number of unbranched alkanes of at least 4 members (excludes halogenated alkanes) is 1. The molecular formula is C17H21NO. The fraction of sp³-hybridized carbons (Fsp3) is 0.353. The van der Waals surface area contributed by atoms with Gasteiger partial charge in [-0.1, -0.05) is 43.7 Å². The summed E-state index contributed by atoms with van der Waals surface area (Å²) in [5, 5.41) is 0. The quantitative estimate of drug-likeness (QED) is 0.702. The third kappa shape index (κ3) is 3.65. The van der Waals surface area contributed by atoms with E-state index in [1.807, 2.05) is 30.5 Å². The Kier molecular flexibility index (Phi) is 5.10. The molecule has 2 nitrogen and oxygen atoms in total. The fourth-order valence-corrected chi connectivity index (χ4v) is 2.10. The molecule has 1 unspecified atom stereocenters. The average molecular weight is 255 g/mol. The van der Waals surface area contributed by atoms with Crippen molar-refractivity contribution in [2.45, 2.75) is 32.8 Å². The number of hydrogen-bond donors (Lipinski definition) is 0. The number of rotatable bonds is 6. The topological polar surface area (TPSA) is 22.1 Å². The molecule has 0 bridgehead atoms. The molecule has 1 atom stereocenters. The Morgan fingerprint density at radius 1 is 1.11 bits per heavy atom. The number of nitrogens with zero attached hydrogens (tertiary/aromatic N) is 1. The van der Waals surface area contributed by atoms with E-state index in [2.05, 4.69) is 37.0 Å². The highest BCUT2D eigenvalue weighted by molar-refractivity contribution is 5.63. The van der Waals surface area contributed by atoms with Gasteiger partial charge in [-0.3, -0.25) is 4.98 Å². The highest BCUT2D eigenvalue weighted by atomic mass is 16.5. The summed E-state index contributed by atoms with van der Waals surface area (Å²) in [6.45, 7) is 5.10. The standard InChI is InChI=1S/C17H21NO/c1-3-4-13-19-14(2)15-9-5-6-10-16(15)17-11-7-8-12-18-17/h5-12,14H,3-4,13H2,1-2H3. The molecule has 19 heavy (non-hydrogen) atoms. The minimum Gasteiger partial charge on any atom is -0.374 e. The first-order valence-electron chi connectivity index (χ1n) is 6.95. The monoisotopic (exact) mass is 255 g/mol. The summed E-state index contributed by atoms with van der Waals surface area (Å²) in [4.78, 5) is 4.43. The molecule has 2 rings (SSSR count). The second-order valence-corrected chi connectivity index (χ2v) is 4.67. The Bertz CT molecular complexity index is 496. The van der Waals surface area contributed by atoms with E-state index in [1.165, 1.54) is 5.56 Å². The number of aromatic nitrogens is 1. The lowest BCUT2D eigenvalue weighted by Gasteiger charge is -2.17. The molecule has 1 aromatic heterocycles. The molecule has 0 aliphatic carbocycles. The number of ether oxygens (including phenoxy) is 1. The molecule has 0 aliphatic rings. The van der Waals surface area contributed by atoms with E-state index in [1.54, 1.807) is 0 Å². The molecule has 0 spiro atoms. The van der Waals surface area contributed by atoms with Gasteiger partial charge in [0, 0.05) is 18.4 Å². The predicted octanol–water partition coefficient (Wildman–Crippen LogP) is 4.63. The van der Waals surface area contributed by atoms with E-state index in [0.29, 0.717) is 0 Å². The van der Waals surface area contributed by atoms with Crippen LogP contribution >= 0.6 is 0 Å². The summed E-state index contributed by atoms with van der Waals surface area (Å²) >= 11 is 0. The zero-order valence-corrected chi connectivity index (χ0v) is 11.7. The molecule has 2 aromatic rings. The lowest BCUT2D eigenvalue weighted by Crippen LogP contribution is -2.03. The van der Waals surface area contributed by atoms with E-state index < -0.39 is 0 Å². The molecule has 0 radical (unpaired) electrons. The summed E-state index contributed by atoms with van der Waals surface area (Å²) < 4.78 is 5.90. The van der Waals surface area contributed by atoms with Gasteiger partial charge in [0.25, 0.3) is 0 Å². The molecule has 0 saturated carbocycles. The van der Waals surface area contributed by atoms with Crippen LogP contribution in [-0.2, 0) is 4.74 Å². The minimum atomic E-state index is 0.102. The third-order valence-electron chi connectivity index (χ3n) is 3.21. The molecule has 0 amide bonds. The van der Waals surface area contributed by atoms with Crippen LogP contribution in [0, 0.1) is 0 Å². The SMILES string of the molecule is CCCCOC(C)c1ccccc1-c1ccccn1. The van der Waals surface area contributed by atoms with Crippen molar-refractivity contribution in [2.24, 2.45) is 0 Å². The van der Waals surface area contributed by atoms with Gasteiger partial charge in [0.05, 0.1) is 11.8 Å². The third-order valence-corrected chi connectivity index (χ3v) is 3.21. The van der Waals surface area contributed by atoms with Crippen LogP contribution in [0.3, 0.4) is 0 Å². The number of benzene rings is 1. The van der Waals surface area contributed by atoms with Gasteiger partial charge in [0.2, 0.25) is 0 Å². The van der Waals surface area contributed by atoms with Gasteiger partial charge in [0.1, 0.15) is 0 Å². The van der Waals surface area contributed by atoms with Crippen molar-refractivity contribution >= 4 is 0 Å². The zero-order valence-electron chi connectivity index (χ0n) is 11.7. The van der Waals surface area contributed by atoms with Crippen molar-refractivity contribution in [3.05, 3.63) is 54.2 Å². The van der Waals surface area contributed by atoms with E-state index >= 15 is 0 Å². The Hall–Kier alpha value is -1.67. The highest BCUT2D eigenvalue weighted by Gasteiger charge is 2.12. The summed E-state index contributed by atoms with van der Waals surface area (Å²) in [5.74, 6) is 0. The van der Waals surface area contributed by atoms with Crippen molar-refractivity contribution < 1.29 is 4.74 Å². The van der Waals surface area contributed by atoms with Crippen LogP contribution in [0.2, 0.25) is 0 Å². The smallest absolute Gasteiger partial charge is 0.0803 e. The van der Waals surface area contributed by atoms with Gasteiger partial charge in [-0.2, -0.15) is 0 Å². The Balaban J connectivity index is 2.21. The minimum absolute atomic E-state index is 0.102. The van der Waals surface area contributed by atoms with Crippen molar-refractivity contribution in [3.63, 3.8) is 0 Å². The highest BCUT2D eigenvalue weighted by Crippen LogP contribution is 2.28. The summed E-state index contributed by atoms with van der Waals surface area (Å²) in [6, 6.07) is 14.3. The molecule has 1 aromatic carbocycles. The fourth-order valence-electron chi connectivity index (χ4n) is 2.10. The molecule has 0 saturated heterocycles. The normalized spacial score (nSPS) is 12.3. The maximum atomic E-state index is 5.90. The van der Waals surface area contributed by atoms with Crippen molar-refractivity contribution in [2.75, 3.05) is 6.61 Å². The van der Waals surface area contributed by atoms with Crippen molar-refractivity contribution in [3.8, 4) is 11.3 Å². The molecule has 0 fully saturated rings. The van der Waals surface area contributed by atoms with Gasteiger partial charge in [-0.15, -0.1) is 0 Å². The second-order valence-electron chi connectivity index (χ2n) is 4.67. The maximum absolute atomic E-state index is 5.90. The number of hydrogen-bond acceptors (Lipinski definition) is 2. The predicted molar refractivity (Wildman–Crippen MR) is 78.9 cm³/mol. The van der Waals surface area contributed by atoms with Crippen LogP contribution in [0.1, 0.15) is 38.4 Å². The van der Waals surface area contributed by atoms with Gasteiger partial charge in [0.15, 0.2) is 0 Å². The van der Waals surface area contributed by atoms with E-state index in [9.17, 15) is 0 Å². The average Bonchev–Trinajstić information content (AvgIpc) is 2.48. The molecular weight excluding hydrogens is 234 g/mol. The summed E-state index contributed by atoms with van der Waals surface area (Å²) in [6.07, 6.45) is 4.20. The maximum Gasteiger partial charge on any atom is 0.0803 e. The lowest BCUT2D eigenvalue weighted by molar-refractivity contribution is 0.0640. The molecule has 0 N–H and O–H groups in total. The second kappa shape index (κ2) is 7.05. The first-order valence-corrected chi connectivity index (χ1v) is 6.95. The van der Waals surface area contributed by atoms with Gasteiger partial charge in [-0.25, -0.2) is 0 Å². The molecule has 2 heteroatoms. The van der Waals surface area contributed by atoms with Crippen LogP contribution in [0.25, 0.3) is 11.3 Å². The van der Waals surface area contributed by atoms with Crippen LogP contribution in [0.15, 0.2) is 48.7 Å². The van der Waals surface area contributed by atoms with Gasteiger partial charge < -0.3 is 4.74 Å². The largest absolute Gasteiger partial charge is 0.374 e. The van der Waals surface area contributed by atoms with Crippen LogP contribution in [0.5, 0.6) is 0 Å². The van der Waals surface area contributed by atoms with Gasteiger partial charge >= 0.3 is 0 Å². The van der Waals surface area contributed by atoms with Crippen molar-refractivity contribution in [1.82, 2.24) is 4.98 Å². The molecule has 0 aliphatic heterocycles. The lowest BCUT2D eigenvalue weighted by atomic mass is 10.0. The Labute approximate surface area is 115 Å². The zero-order chi connectivity index (χ0) is 13.5. The first kappa shape index (κ1) is 13.8. The molecule has 100 valence electrons. The van der Waals surface area contributed by atoms with Gasteiger partial charge in [-0.05, 0) is 31.0 Å². The Morgan fingerprint density at radius 3 is 2.63 bits per heavy atom. The summed E-state index contributed by atoms with van der Waals surface area (Å²) in [5.41, 5.74) is 3.37. The molecule has 1 heterocycles. The van der Waals surface area contributed by atoms with Crippen LogP contribution in [-0.4, -0.2) is 11.6 Å². The van der Waals surface area contributed by atoms with Crippen LogP contribution in [0.4, 0.5) is 0 Å². The Morgan fingerprint density at radius 2 is 1.89 bits per heavy atom. The van der Waals surface area contributed by atoms with E-state index in [4.69, 9.17) is 4.74 Å². The number of pyridine rings is 1.